The minimum Gasteiger partial charge on any atom is -0.452 e. The number of nitrogens with zero attached hydrogens (tertiary/aromatic N) is 1. The first kappa shape index (κ1) is 18.8. The number of nitro benzene ring substituents is 1. The third kappa shape index (κ3) is 4.79. The van der Waals surface area contributed by atoms with Crippen molar-refractivity contribution in [2.24, 2.45) is 0 Å². The van der Waals surface area contributed by atoms with Crippen molar-refractivity contribution in [2.45, 2.75) is 0 Å². The van der Waals surface area contributed by atoms with Crippen molar-refractivity contribution in [3.63, 3.8) is 0 Å². The number of nitro groups is 1. The smallest absolute Gasteiger partial charge is 0.269 e. The Bertz CT molecular complexity index is 1030. The van der Waals surface area contributed by atoms with Gasteiger partial charge in [0, 0.05) is 18.2 Å². The number of halogens is 1. The second kappa shape index (κ2) is 8.59. The topological polar surface area (TPSA) is 81.5 Å². The zero-order valence-corrected chi connectivity index (χ0v) is 14.5. The SMILES string of the molecule is O=C(C=Cc1ccc([N+](=O)[O-])cc1)Nc1ccccc1Oc1ccccc1F. The first-order valence-corrected chi connectivity index (χ1v) is 8.28. The molecule has 3 aromatic carbocycles. The van der Waals surface area contributed by atoms with Gasteiger partial charge in [0.1, 0.15) is 0 Å². The van der Waals surface area contributed by atoms with E-state index in [1.165, 1.54) is 48.6 Å². The van der Waals surface area contributed by atoms with Crippen LogP contribution in [0.1, 0.15) is 5.56 Å². The number of ether oxygens (including phenoxy) is 1. The third-order valence-corrected chi connectivity index (χ3v) is 3.73. The summed E-state index contributed by atoms with van der Waals surface area (Å²) in [4.78, 5) is 22.4. The van der Waals surface area contributed by atoms with Gasteiger partial charge in [0.05, 0.1) is 10.6 Å². The van der Waals surface area contributed by atoms with Crippen LogP contribution >= 0.6 is 0 Å². The molecular formula is C21H15FN2O4. The molecule has 1 amide bonds. The molecule has 0 fully saturated rings. The van der Waals surface area contributed by atoms with Crippen LogP contribution in [0.5, 0.6) is 11.5 Å². The molecule has 0 aliphatic carbocycles. The van der Waals surface area contributed by atoms with Gasteiger partial charge < -0.3 is 10.1 Å². The maximum Gasteiger partial charge on any atom is 0.269 e. The summed E-state index contributed by atoms with van der Waals surface area (Å²) in [5.41, 5.74) is 0.988. The number of nitrogens with one attached hydrogen (secondary N) is 1. The Morgan fingerprint density at radius 1 is 0.964 bits per heavy atom. The number of carbonyl (C=O) groups is 1. The van der Waals surface area contributed by atoms with E-state index in [0.717, 1.165) is 0 Å². The number of para-hydroxylation sites is 3. The summed E-state index contributed by atoms with van der Waals surface area (Å²) >= 11 is 0. The molecule has 0 aromatic heterocycles. The second-order valence-electron chi connectivity index (χ2n) is 5.70. The number of non-ortho nitro benzene ring substituents is 1. The van der Waals surface area contributed by atoms with Crippen molar-refractivity contribution >= 4 is 23.4 Å². The van der Waals surface area contributed by atoms with Crippen molar-refractivity contribution < 1.29 is 18.8 Å². The molecule has 6 nitrogen and oxygen atoms in total. The molecule has 0 spiro atoms. The van der Waals surface area contributed by atoms with Crippen LogP contribution < -0.4 is 10.1 Å². The molecule has 0 unspecified atom stereocenters. The highest BCUT2D eigenvalue weighted by Crippen LogP contribution is 2.30. The van der Waals surface area contributed by atoms with Crippen LogP contribution in [0.3, 0.4) is 0 Å². The first-order valence-electron chi connectivity index (χ1n) is 8.28. The molecule has 1 N–H and O–H groups in total. The van der Waals surface area contributed by atoms with Crippen LogP contribution in [-0.2, 0) is 4.79 Å². The van der Waals surface area contributed by atoms with Crippen molar-refractivity contribution in [1.82, 2.24) is 0 Å². The van der Waals surface area contributed by atoms with E-state index in [1.807, 2.05) is 0 Å². The Labute approximate surface area is 160 Å². The Morgan fingerprint density at radius 2 is 1.61 bits per heavy atom. The fraction of sp³-hybridized carbons (Fsp3) is 0. The number of carbonyl (C=O) groups excluding carboxylic acids is 1. The van der Waals surface area contributed by atoms with E-state index < -0.39 is 16.6 Å². The molecule has 0 radical (unpaired) electrons. The van der Waals surface area contributed by atoms with Crippen molar-refractivity contribution in [1.29, 1.82) is 0 Å². The van der Waals surface area contributed by atoms with E-state index in [-0.39, 0.29) is 11.4 Å². The lowest BCUT2D eigenvalue weighted by molar-refractivity contribution is -0.384. The first-order chi connectivity index (χ1) is 13.5. The quantitative estimate of drug-likeness (QED) is 0.364. The lowest BCUT2D eigenvalue weighted by Gasteiger charge is -2.11. The molecule has 0 heterocycles. The average Bonchev–Trinajstić information content (AvgIpc) is 2.70. The summed E-state index contributed by atoms with van der Waals surface area (Å²) < 4.78 is 19.4. The van der Waals surface area contributed by atoms with Crippen LogP contribution in [0.4, 0.5) is 15.8 Å². The van der Waals surface area contributed by atoms with Crippen LogP contribution in [0.15, 0.2) is 78.9 Å². The van der Waals surface area contributed by atoms with E-state index in [9.17, 15) is 19.3 Å². The zero-order valence-electron chi connectivity index (χ0n) is 14.5. The molecule has 0 saturated heterocycles. The van der Waals surface area contributed by atoms with Gasteiger partial charge in [-0.05, 0) is 48.0 Å². The molecule has 0 aliphatic heterocycles. The molecule has 3 aromatic rings. The lowest BCUT2D eigenvalue weighted by Crippen LogP contribution is -2.08. The minimum atomic E-state index is -0.512. The normalized spacial score (nSPS) is 10.6. The van der Waals surface area contributed by atoms with Crippen molar-refractivity contribution in [2.75, 3.05) is 5.32 Å². The number of benzene rings is 3. The van der Waals surface area contributed by atoms with Gasteiger partial charge in [-0.25, -0.2) is 4.39 Å². The third-order valence-electron chi connectivity index (χ3n) is 3.73. The number of anilines is 1. The summed E-state index contributed by atoms with van der Waals surface area (Å²) in [6.45, 7) is 0. The molecule has 3 rings (SSSR count). The molecule has 28 heavy (non-hydrogen) atoms. The van der Waals surface area contributed by atoms with E-state index in [4.69, 9.17) is 4.74 Å². The predicted octanol–water partition coefficient (Wildman–Crippen LogP) is 5.18. The molecule has 0 aliphatic rings. The largest absolute Gasteiger partial charge is 0.452 e. The number of amides is 1. The van der Waals surface area contributed by atoms with E-state index in [1.54, 1.807) is 36.4 Å². The molecular weight excluding hydrogens is 363 g/mol. The Kier molecular flexibility index (Phi) is 5.76. The van der Waals surface area contributed by atoms with Gasteiger partial charge in [-0.2, -0.15) is 0 Å². The highest BCUT2D eigenvalue weighted by atomic mass is 19.1. The summed E-state index contributed by atoms with van der Waals surface area (Å²) in [5, 5.41) is 13.3. The standard InChI is InChI=1S/C21H15FN2O4/c22-17-5-1-3-7-19(17)28-20-8-4-2-6-18(20)23-21(25)14-11-15-9-12-16(13-10-15)24(26)27/h1-14H,(H,23,25). The van der Waals surface area contributed by atoms with Gasteiger partial charge in [0.2, 0.25) is 5.91 Å². The summed E-state index contributed by atoms with van der Waals surface area (Å²) in [7, 11) is 0. The summed E-state index contributed by atoms with van der Waals surface area (Å²) in [6.07, 6.45) is 2.82. The molecule has 140 valence electrons. The van der Waals surface area contributed by atoms with Gasteiger partial charge in [-0.3, -0.25) is 14.9 Å². The molecule has 0 bridgehead atoms. The van der Waals surface area contributed by atoms with E-state index >= 15 is 0 Å². The average molecular weight is 378 g/mol. The van der Waals surface area contributed by atoms with E-state index in [2.05, 4.69) is 5.32 Å². The summed E-state index contributed by atoms with van der Waals surface area (Å²) in [5.74, 6) is -0.597. The van der Waals surface area contributed by atoms with Gasteiger partial charge in [-0.15, -0.1) is 0 Å². The van der Waals surface area contributed by atoms with Gasteiger partial charge >= 0.3 is 0 Å². The minimum absolute atomic E-state index is 0.0270. The van der Waals surface area contributed by atoms with Crippen molar-refractivity contribution in [3.8, 4) is 11.5 Å². The Morgan fingerprint density at radius 3 is 2.29 bits per heavy atom. The van der Waals surface area contributed by atoms with Crippen LogP contribution in [0.25, 0.3) is 6.08 Å². The van der Waals surface area contributed by atoms with Crippen LogP contribution in [0.2, 0.25) is 0 Å². The van der Waals surface area contributed by atoms with Crippen LogP contribution in [0, 0.1) is 15.9 Å². The fourth-order valence-electron chi connectivity index (χ4n) is 2.36. The van der Waals surface area contributed by atoms with Crippen molar-refractivity contribution in [3.05, 3.63) is 100 Å². The highest BCUT2D eigenvalue weighted by molar-refractivity contribution is 6.02. The monoisotopic (exact) mass is 378 g/mol. The maximum atomic E-state index is 13.8. The second-order valence-corrected chi connectivity index (χ2v) is 5.70. The summed E-state index contributed by atoms with van der Waals surface area (Å²) in [6, 6.07) is 18.4. The number of hydrogen-bond acceptors (Lipinski definition) is 4. The number of hydrogen-bond donors (Lipinski definition) is 1. The van der Waals surface area contributed by atoms with Gasteiger partial charge in [0.25, 0.3) is 5.69 Å². The number of rotatable bonds is 6. The Hall–Kier alpha value is -4.00. The predicted molar refractivity (Wildman–Crippen MR) is 104 cm³/mol. The molecule has 0 atom stereocenters. The Balaban J connectivity index is 1.70. The molecule has 0 saturated carbocycles. The zero-order chi connectivity index (χ0) is 19.9. The van der Waals surface area contributed by atoms with Gasteiger partial charge in [0.15, 0.2) is 17.3 Å². The van der Waals surface area contributed by atoms with E-state index in [0.29, 0.717) is 17.0 Å². The maximum absolute atomic E-state index is 13.8. The highest BCUT2D eigenvalue weighted by Gasteiger charge is 2.09. The van der Waals surface area contributed by atoms with Crippen LogP contribution in [-0.4, -0.2) is 10.8 Å². The lowest BCUT2D eigenvalue weighted by atomic mass is 10.2. The molecule has 7 heteroatoms. The fourth-order valence-corrected chi connectivity index (χ4v) is 2.36. The van der Waals surface area contributed by atoms with Gasteiger partial charge in [-0.1, -0.05) is 24.3 Å².